The number of anilines is 3. The number of likely N-dealkylation sites (tertiary alicyclic amines) is 1. The number of thiophene rings is 1. The van der Waals surface area contributed by atoms with E-state index in [2.05, 4.69) is 15.3 Å². The molecule has 1 aromatic carbocycles. The number of aromatic nitrogens is 2. The second-order valence-corrected chi connectivity index (χ2v) is 16.2. The number of piperazine rings is 1. The van der Waals surface area contributed by atoms with Crippen LogP contribution in [0.5, 0.6) is 0 Å². The summed E-state index contributed by atoms with van der Waals surface area (Å²) in [6.45, 7) is 0.616. The van der Waals surface area contributed by atoms with Crippen molar-refractivity contribution in [2.45, 2.75) is 60.6 Å². The van der Waals surface area contributed by atoms with Gasteiger partial charge < -0.3 is 24.8 Å². The second kappa shape index (κ2) is 11.5. The summed E-state index contributed by atoms with van der Waals surface area (Å²) in [5.41, 5.74) is 0.335. The van der Waals surface area contributed by atoms with E-state index in [1.807, 2.05) is 11.0 Å². The van der Waals surface area contributed by atoms with Crippen molar-refractivity contribution in [2.75, 3.05) is 48.8 Å². The Hall–Kier alpha value is -3.97. The number of hydrogen-bond donors (Lipinski definition) is 1. The summed E-state index contributed by atoms with van der Waals surface area (Å²) >= 11 is 0.635. The lowest BCUT2D eigenvalue weighted by Crippen LogP contribution is -2.52. The fraction of sp³-hybridized carbons (Fsp3) is 0.484. The first-order valence-electron chi connectivity index (χ1n) is 15.8. The molecule has 8 rings (SSSR count). The minimum absolute atomic E-state index is 0.0456. The van der Waals surface area contributed by atoms with Crippen molar-refractivity contribution >= 4 is 50.3 Å². The number of sulfone groups is 1. The number of amides is 2. The number of carbonyl (C=O) groups excluding carboxylic acids is 2. The molecule has 1 aliphatic carbocycles. The third-order valence-electron chi connectivity index (χ3n) is 9.85. The molecule has 11 nitrogen and oxygen atoms in total. The summed E-state index contributed by atoms with van der Waals surface area (Å²) in [6.07, 6.45) is -7.11. The van der Waals surface area contributed by atoms with Crippen molar-refractivity contribution in [1.82, 2.24) is 19.8 Å². The van der Waals surface area contributed by atoms with Crippen LogP contribution in [-0.4, -0.2) is 103 Å². The van der Waals surface area contributed by atoms with Crippen molar-refractivity contribution < 1.29 is 49.1 Å². The fourth-order valence-corrected chi connectivity index (χ4v) is 10.0. The van der Waals surface area contributed by atoms with Crippen molar-refractivity contribution in [3.63, 3.8) is 0 Å². The van der Waals surface area contributed by atoms with E-state index in [-0.39, 0.29) is 77.2 Å². The molecule has 2 aromatic heterocycles. The van der Waals surface area contributed by atoms with Crippen LogP contribution in [0.1, 0.15) is 46.0 Å². The van der Waals surface area contributed by atoms with Crippen molar-refractivity contribution in [1.29, 1.82) is 0 Å². The second-order valence-electron chi connectivity index (χ2n) is 13.1. The predicted molar refractivity (Wildman–Crippen MR) is 167 cm³/mol. The van der Waals surface area contributed by atoms with Gasteiger partial charge in [0.25, 0.3) is 5.91 Å². The van der Waals surface area contributed by atoms with E-state index in [1.165, 1.54) is 4.90 Å². The van der Waals surface area contributed by atoms with Gasteiger partial charge in [-0.25, -0.2) is 18.4 Å². The van der Waals surface area contributed by atoms with Gasteiger partial charge in [0.1, 0.15) is 10.4 Å². The van der Waals surface area contributed by atoms with Crippen LogP contribution in [0.3, 0.4) is 0 Å². The number of nitrogens with one attached hydrogen (secondary N) is 1. The lowest BCUT2D eigenvalue weighted by Gasteiger charge is -2.36. The van der Waals surface area contributed by atoms with Crippen molar-refractivity contribution in [3.05, 3.63) is 46.5 Å². The van der Waals surface area contributed by atoms with Gasteiger partial charge in [-0.3, -0.25) is 9.59 Å². The number of rotatable bonds is 6. The highest BCUT2D eigenvalue weighted by atomic mass is 32.2. The zero-order valence-electron chi connectivity index (χ0n) is 25.9. The molecule has 5 aliphatic rings. The number of fused-ring (bicyclic) bond motifs is 3. The van der Waals surface area contributed by atoms with Gasteiger partial charge in [0.15, 0.2) is 9.84 Å². The SMILES string of the molecule is O=C1c2sc(-c3nc(Nc4ccc(N5C[C@@H]6C[C@H]5CN6C(=O)C(F)(F)F)cc4C4CC4)ncc3C(F)(F)F)cc2S(=O)(=O)CCN1C1COC1. The largest absolute Gasteiger partial charge is 0.471 e. The van der Waals surface area contributed by atoms with E-state index in [1.54, 1.807) is 12.1 Å². The molecule has 3 saturated heterocycles. The maximum absolute atomic E-state index is 14.3. The molecule has 2 bridgehead atoms. The molecule has 19 heteroatoms. The molecule has 0 unspecified atom stereocenters. The molecule has 1 N–H and O–H groups in total. The first-order chi connectivity index (χ1) is 23.6. The summed E-state index contributed by atoms with van der Waals surface area (Å²) in [6, 6.07) is 5.26. The molecule has 0 spiro atoms. The third-order valence-corrected chi connectivity index (χ3v) is 12.8. The maximum atomic E-state index is 14.3. The van der Waals surface area contributed by atoms with Crippen LogP contribution in [0.4, 0.5) is 43.7 Å². The Morgan fingerprint density at radius 3 is 2.38 bits per heavy atom. The monoisotopic (exact) mass is 742 g/mol. The highest BCUT2D eigenvalue weighted by Crippen LogP contribution is 2.47. The van der Waals surface area contributed by atoms with Gasteiger partial charge in [-0.2, -0.15) is 26.3 Å². The number of alkyl halides is 6. The van der Waals surface area contributed by atoms with Crippen LogP contribution in [0.25, 0.3) is 10.6 Å². The first kappa shape index (κ1) is 33.2. The summed E-state index contributed by atoms with van der Waals surface area (Å²) in [4.78, 5) is 37.0. The van der Waals surface area contributed by atoms with E-state index >= 15 is 0 Å². The number of hydrogen-bond acceptors (Lipinski definition) is 10. The van der Waals surface area contributed by atoms with Gasteiger partial charge in [-0.1, -0.05) is 0 Å². The number of halogens is 6. The van der Waals surface area contributed by atoms with Crippen LogP contribution < -0.4 is 10.2 Å². The maximum Gasteiger partial charge on any atom is 0.471 e. The molecular weight excluding hydrogens is 715 g/mol. The van der Waals surface area contributed by atoms with E-state index in [9.17, 15) is 44.3 Å². The molecule has 2 atom stereocenters. The minimum Gasteiger partial charge on any atom is -0.377 e. The molecule has 3 aromatic rings. The van der Waals surface area contributed by atoms with Crippen LogP contribution in [0.2, 0.25) is 0 Å². The molecular formula is C31H28F6N6O5S2. The molecule has 0 radical (unpaired) electrons. The molecule has 6 heterocycles. The summed E-state index contributed by atoms with van der Waals surface area (Å²) in [5, 5.41) is 3.02. The molecule has 4 aliphatic heterocycles. The minimum atomic E-state index is -4.94. The lowest BCUT2D eigenvalue weighted by atomic mass is 10.1. The lowest BCUT2D eigenvalue weighted by molar-refractivity contribution is -0.186. The summed E-state index contributed by atoms with van der Waals surface area (Å²) < 4.78 is 114. The van der Waals surface area contributed by atoms with Crippen LogP contribution in [-0.2, 0) is 25.5 Å². The molecule has 4 fully saturated rings. The van der Waals surface area contributed by atoms with Gasteiger partial charge >= 0.3 is 18.3 Å². The Bertz CT molecular complexity index is 2010. The summed E-state index contributed by atoms with van der Waals surface area (Å²) in [5.74, 6) is -2.87. The Kier molecular flexibility index (Phi) is 7.65. The zero-order chi connectivity index (χ0) is 35.3. The van der Waals surface area contributed by atoms with Gasteiger partial charge in [0, 0.05) is 43.2 Å². The highest BCUT2D eigenvalue weighted by Gasteiger charge is 2.52. The van der Waals surface area contributed by atoms with Crippen molar-refractivity contribution in [3.8, 4) is 10.6 Å². The average molecular weight is 743 g/mol. The molecule has 50 heavy (non-hydrogen) atoms. The van der Waals surface area contributed by atoms with Crippen LogP contribution in [0, 0.1) is 0 Å². The number of nitrogens with zero attached hydrogens (tertiary/aromatic N) is 5. The van der Waals surface area contributed by atoms with Crippen LogP contribution in [0.15, 0.2) is 35.4 Å². The van der Waals surface area contributed by atoms with E-state index in [0.29, 0.717) is 29.6 Å². The predicted octanol–water partition coefficient (Wildman–Crippen LogP) is 4.83. The van der Waals surface area contributed by atoms with Crippen LogP contribution >= 0.6 is 11.3 Å². The van der Waals surface area contributed by atoms with E-state index in [0.717, 1.165) is 35.1 Å². The van der Waals surface area contributed by atoms with Gasteiger partial charge in [-0.05, 0) is 55.0 Å². The number of benzene rings is 1. The molecule has 266 valence electrons. The smallest absolute Gasteiger partial charge is 0.377 e. The van der Waals surface area contributed by atoms with E-state index in [4.69, 9.17) is 4.74 Å². The molecule has 2 amide bonds. The Morgan fingerprint density at radius 2 is 1.76 bits per heavy atom. The van der Waals surface area contributed by atoms with E-state index < -0.39 is 51.3 Å². The van der Waals surface area contributed by atoms with Gasteiger partial charge in [-0.15, -0.1) is 11.3 Å². The van der Waals surface area contributed by atoms with Gasteiger partial charge in [0.2, 0.25) is 5.95 Å². The number of carbonyl (C=O) groups is 2. The first-order valence-corrected chi connectivity index (χ1v) is 18.3. The quantitative estimate of drug-likeness (QED) is 0.354. The van der Waals surface area contributed by atoms with Crippen molar-refractivity contribution in [2.24, 2.45) is 0 Å². The Labute approximate surface area is 285 Å². The number of ether oxygens (including phenoxy) is 1. The third kappa shape index (κ3) is 5.75. The average Bonchev–Trinajstić information content (AvgIpc) is 3.46. The molecule has 1 saturated carbocycles. The highest BCUT2D eigenvalue weighted by molar-refractivity contribution is 7.91. The Balaban J connectivity index is 1.10. The topological polar surface area (TPSA) is 125 Å². The standard InChI is InChI=1S/C31H28F6N6O5S2/c32-30(33,34)21-10-38-29(40-25(21)23-9-24-26(49-23)27(44)41(19-13-48-14-19)5-6-50(24,46)47)39-22-4-3-16(8-20(22)15-1-2-15)42-11-18-7-17(42)12-43(18)28(45)31(35,36)37/h3-4,8-10,15,17-19H,1-2,5-7,11-14H2,(H,38,39,40)/t17-,18-/m0/s1. The van der Waals surface area contributed by atoms with Gasteiger partial charge in [0.05, 0.1) is 46.5 Å². The zero-order valence-corrected chi connectivity index (χ0v) is 27.6. The summed E-state index contributed by atoms with van der Waals surface area (Å²) in [7, 11) is -4.00. The Morgan fingerprint density at radius 1 is 1.00 bits per heavy atom. The normalized spacial score (nSPS) is 23.6. The fourth-order valence-electron chi connectivity index (χ4n) is 7.11.